The fraction of sp³-hybridized carbons (Fsp3) is 0.595. The SMILES string of the molecule is CCOC(=O)N1CCN(C(=O)[C@H](CCNC(=O)OC(C)(C)C)NC(=O)c2cc(OCC(=O)N3CCC[C@H]3C(=O)NC3CCC3)n(-c3ccccc3)n2)CC1. The van der Waals surface area contributed by atoms with Crippen LogP contribution in [0.25, 0.3) is 5.69 Å². The van der Waals surface area contributed by atoms with Crippen LogP contribution in [-0.2, 0) is 23.9 Å². The molecule has 5 rings (SSSR count). The number of rotatable bonds is 13. The van der Waals surface area contributed by atoms with E-state index in [-0.39, 0.29) is 81.8 Å². The first-order valence-electron chi connectivity index (χ1n) is 18.7. The lowest BCUT2D eigenvalue weighted by molar-refractivity contribution is -0.140. The maximum Gasteiger partial charge on any atom is 0.409 e. The van der Waals surface area contributed by atoms with Crippen LogP contribution in [0.4, 0.5) is 9.59 Å². The monoisotopic (exact) mass is 752 g/mol. The molecule has 3 aliphatic rings. The smallest absolute Gasteiger partial charge is 0.409 e. The summed E-state index contributed by atoms with van der Waals surface area (Å²) in [6.45, 7) is 8.16. The second-order valence-electron chi connectivity index (χ2n) is 14.5. The molecule has 3 N–H and O–H groups in total. The van der Waals surface area contributed by atoms with Crippen LogP contribution in [0.3, 0.4) is 0 Å². The van der Waals surface area contributed by atoms with Gasteiger partial charge in [-0.25, -0.2) is 14.3 Å². The predicted molar refractivity (Wildman–Crippen MR) is 195 cm³/mol. The number of hydrogen-bond acceptors (Lipinski definition) is 10. The van der Waals surface area contributed by atoms with Crippen LogP contribution in [0.2, 0.25) is 0 Å². The summed E-state index contributed by atoms with van der Waals surface area (Å²) in [7, 11) is 0. The molecular formula is C37H52N8O9. The van der Waals surface area contributed by atoms with Gasteiger partial charge >= 0.3 is 12.2 Å². The molecule has 0 unspecified atom stereocenters. The van der Waals surface area contributed by atoms with Gasteiger partial charge < -0.3 is 44.9 Å². The van der Waals surface area contributed by atoms with Gasteiger partial charge in [0.05, 0.1) is 12.3 Å². The third-order valence-corrected chi connectivity index (χ3v) is 9.40. The Morgan fingerprint density at radius 3 is 2.28 bits per heavy atom. The van der Waals surface area contributed by atoms with E-state index in [2.05, 4.69) is 21.0 Å². The van der Waals surface area contributed by atoms with E-state index in [1.165, 1.54) is 15.6 Å². The zero-order valence-electron chi connectivity index (χ0n) is 31.5. The summed E-state index contributed by atoms with van der Waals surface area (Å²) in [5, 5.41) is 12.9. The molecule has 0 bridgehead atoms. The van der Waals surface area contributed by atoms with Gasteiger partial charge in [-0.3, -0.25) is 19.2 Å². The number of benzene rings is 1. The van der Waals surface area contributed by atoms with Crippen molar-refractivity contribution in [2.45, 2.75) is 89.9 Å². The molecule has 1 aliphatic carbocycles. The first-order valence-corrected chi connectivity index (χ1v) is 18.7. The third kappa shape index (κ3) is 10.6. The number of ether oxygens (including phenoxy) is 3. The zero-order chi connectivity index (χ0) is 38.8. The van der Waals surface area contributed by atoms with Crippen LogP contribution in [-0.4, -0.2) is 137 Å². The van der Waals surface area contributed by atoms with Crippen molar-refractivity contribution in [2.24, 2.45) is 0 Å². The molecule has 3 heterocycles. The molecule has 294 valence electrons. The van der Waals surface area contributed by atoms with Gasteiger partial charge in [0, 0.05) is 51.4 Å². The van der Waals surface area contributed by atoms with Gasteiger partial charge in [-0.05, 0) is 78.4 Å². The van der Waals surface area contributed by atoms with E-state index in [0.717, 1.165) is 19.3 Å². The Hall–Kier alpha value is -5.35. The molecule has 2 atom stereocenters. The average molecular weight is 753 g/mol. The summed E-state index contributed by atoms with van der Waals surface area (Å²) >= 11 is 0. The summed E-state index contributed by atoms with van der Waals surface area (Å²) in [6.07, 6.45) is 3.16. The largest absolute Gasteiger partial charge is 0.467 e. The van der Waals surface area contributed by atoms with Gasteiger partial charge in [0.25, 0.3) is 11.8 Å². The van der Waals surface area contributed by atoms with Gasteiger partial charge in [0.1, 0.15) is 17.7 Å². The van der Waals surface area contributed by atoms with Crippen molar-refractivity contribution in [3.63, 3.8) is 0 Å². The molecule has 54 heavy (non-hydrogen) atoms. The van der Waals surface area contributed by atoms with Crippen molar-refractivity contribution in [1.82, 2.24) is 40.4 Å². The number of nitrogens with one attached hydrogen (secondary N) is 3. The second-order valence-corrected chi connectivity index (χ2v) is 14.5. The van der Waals surface area contributed by atoms with E-state index in [1.54, 1.807) is 61.8 Å². The number of hydrogen-bond donors (Lipinski definition) is 3. The van der Waals surface area contributed by atoms with E-state index in [1.807, 2.05) is 6.07 Å². The fourth-order valence-electron chi connectivity index (χ4n) is 6.41. The molecule has 1 aromatic heterocycles. The van der Waals surface area contributed by atoms with Gasteiger partial charge in [-0.1, -0.05) is 18.2 Å². The topological polar surface area (TPSA) is 194 Å². The minimum Gasteiger partial charge on any atom is -0.467 e. The lowest BCUT2D eigenvalue weighted by Gasteiger charge is -2.36. The Labute approximate surface area is 315 Å². The molecule has 3 fully saturated rings. The molecule has 0 spiro atoms. The van der Waals surface area contributed by atoms with E-state index >= 15 is 0 Å². The molecule has 2 aromatic rings. The highest BCUT2D eigenvalue weighted by molar-refractivity contribution is 5.96. The van der Waals surface area contributed by atoms with Gasteiger partial charge in [-0.15, -0.1) is 0 Å². The summed E-state index contributed by atoms with van der Waals surface area (Å²) in [6, 6.07) is 8.82. The van der Waals surface area contributed by atoms with E-state index in [9.17, 15) is 28.8 Å². The van der Waals surface area contributed by atoms with Crippen LogP contribution < -0.4 is 20.7 Å². The van der Waals surface area contributed by atoms with Crippen LogP contribution in [0.15, 0.2) is 36.4 Å². The Morgan fingerprint density at radius 2 is 1.63 bits per heavy atom. The van der Waals surface area contributed by atoms with Crippen molar-refractivity contribution in [1.29, 1.82) is 0 Å². The molecule has 0 radical (unpaired) electrons. The van der Waals surface area contributed by atoms with Gasteiger partial charge in [0.15, 0.2) is 12.3 Å². The standard InChI is InChI=1S/C37H52N8O9/c1-5-52-36(51)43-21-19-42(20-22-43)34(49)27(16-17-38-35(50)54-37(2,3)4)40-32(47)28-23-31(45(41-28)26-13-7-6-8-14-26)53-24-30(46)44-18-10-15-29(44)33(48)39-25-11-9-12-25/h6-8,13-14,23,25,27,29H,5,9-12,15-22,24H2,1-4H3,(H,38,50)(H,39,48)(H,40,47)/t27-,29-/m0/s1. The Morgan fingerprint density at radius 1 is 0.926 bits per heavy atom. The number of aromatic nitrogens is 2. The van der Waals surface area contributed by atoms with Crippen molar-refractivity contribution in [3.8, 4) is 11.6 Å². The van der Waals surface area contributed by atoms with Crippen LogP contribution >= 0.6 is 0 Å². The summed E-state index contributed by atoms with van der Waals surface area (Å²) in [4.78, 5) is 83.1. The minimum atomic E-state index is -1.08. The Kier molecular flexibility index (Phi) is 13.4. The number of alkyl carbamates (subject to hydrolysis) is 1. The van der Waals surface area contributed by atoms with Crippen molar-refractivity contribution in [3.05, 3.63) is 42.1 Å². The number of amides is 6. The lowest BCUT2D eigenvalue weighted by Crippen LogP contribution is -2.56. The highest BCUT2D eigenvalue weighted by Crippen LogP contribution is 2.24. The fourth-order valence-corrected chi connectivity index (χ4v) is 6.41. The van der Waals surface area contributed by atoms with Crippen LogP contribution in [0.5, 0.6) is 5.88 Å². The van der Waals surface area contributed by atoms with Crippen LogP contribution in [0, 0.1) is 0 Å². The highest BCUT2D eigenvalue weighted by atomic mass is 16.6. The van der Waals surface area contributed by atoms with Crippen molar-refractivity contribution < 1.29 is 43.0 Å². The minimum absolute atomic E-state index is 0.0134. The van der Waals surface area contributed by atoms with Crippen molar-refractivity contribution in [2.75, 3.05) is 52.5 Å². The van der Waals surface area contributed by atoms with Gasteiger partial charge in [0.2, 0.25) is 17.7 Å². The number of carbonyl (C=O) groups excluding carboxylic acids is 6. The molecule has 17 nitrogen and oxygen atoms in total. The molecule has 1 saturated carbocycles. The molecule has 6 amide bonds. The average Bonchev–Trinajstić information content (AvgIpc) is 3.80. The number of nitrogens with zero attached hydrogens (tertiary/aromatic N) is 5. The molecular weight excluding hydrogens is 700 g/mol. The molecule has 1 aromatic carbocycles. The molecule has 17 heteroatoms. The van der Waals surface area contributed by atoms with E-state index in [0.29, 0.717) is 25.1 Å². The second kappa shape index (κ2) is 18.1. The Bertz CT molecular complexity index is 1650. The van der Waals surface area contributed by atoms with Crippen LogP contribution in [0.1, 0.15) is 76.7 Å². The number of para-hydroxylation sites is 1. The maximum absolute atomic E-state index is 13.8. The normalized spacial score (nSPS) is 17.9. The Balaban J connectivity index is 1.29. The first kappa shape index (κ1) is 39.8. The van der Waals surface area contributed by atoms with E-state index < -0.39 is 41.7 Å². The summed E-state index contributed by atoms with van der Waals surface area (Å²) in [5.74, 6) is -1.49. The number of carbonyl (C=O) groups is 6. The number of likely N-dealkylation sites (tertiary alicyclic amines) is 1. The zero-order valence-corrected chi connectivity index (χ0v) is 31.5. The van der Waals surface area contributed by atoms with Crippen molar-refractivity contribution >= 4 is 35.8 Å². The highest BCUT2D eigenvalue weighted by Gasteiger charge is 2.36. The third-order valence-electron chi connectivity index (χ3n) is 9.40. The maximum atomic E-state index is 13.8. The van der Waals surface area contributed by atoms with Gasteiger partial charge in [-0.2, -0.15) is 5.10 Å². The summed E-state index contributed by atoms with van der Waals surface area (Å²) in [5.41, 5.74) is -0.245. The lowest BCUT2D eigenvalue weighted by atomic mass is 9.93. The molecule has 2 aliphatic heterocycles. The van der Waals surface area contributed by atoms with E-state index in [4.69, 9.17) is 14.2 Å². The predicted octanol–water partition coefficient (Wildman–Crippen LogP) is 2.22. The first-order chi connectivity index (χ1) is 25.8. The number of piperazine rings is 1. The molecule has 2 saturated heterocycles. The summed E-state index contributed by atoms with van der Waals surface area (Å²) < 4.78 is 17.8. The quantitative estimate of drug-likeness (QED) is 0.273.